The summed E-state index contributed by atoms with van der Waals surface area (Å²) >= 11 is 0.929. The molecule has 0 bridgehead atoms. The molecule has 4 rings (SSSR count). The summed E-state index contributed by atoms with van der Waals surface area (Å²) in [5.41, 5.74) is 1.60. The zero-order valence-electron chi connectivity index (χ0n) is 22.4. The van der Waals surface area contributed by atoms with Crippen LogP contribution >= 0.6 is 11.3 Å². The van der Waals surface area contributed by atoms with E-state index in [1.54, 1.807) is 57.2 Å². The van der Waals surface area contributed by atoms with E-state index in [0.29, 0.717) is 39.6 Å². The van der Waals surface area contributed by atoms with Crippen LogP contribution in [-0.2, 0) is 14.3 Å². The molecule has 0 radical (unpaired) electrons. The minimum Gasteiger partial charge on any atom is -0.507 e. The first-order chi connectivity index (χ1) is 18.7. The van der Waals surface area contributed by atoms with Crippen LogP contribution in [0.25, 0.3) is 5.76 Å². The van der Waals surface area contributed by atoms with Crippen molar-refractivity contribution in [2.45, 2.75) is 26.8 Å². The van der Waals surface area contributed by atoms with E-state index in [4.69, 9.17) is 18.9 Å². The second-order valence-electron chi connectivity index (χ2n) is 8.59. The van der Waals surface area contributed by atoms with Crippen LogP contribution in [-0.4, -0.2) is 55.7 Å². The number of Topliss-reactive ketones (excluding diaryl/α,β-unsaturated/α-hetero) is 1. The van der Waals surface area contributed by atoms with Crippen molar-refractivity contribution in [1.82, 2.24) is 4.98 Å². The fourth-order valence-corrected chi connectivity index (χ4v) is 5.40. The van der Waals surface area contributed by atoms with Crippen molar-refractivity contribution in [2.24, 2.45) is 0 Å². The summed E-state index contributed by atoms with van der Waals surface area (Å²) in [5, 5.41) is 11.6. The number of benzene rings is 2. The fourth-order valence-electron chi connectivity index (χ4n) is 4.41. The number of hydrogen-bond donors (Lipinski definition) is 1. The normalized spacial score (nSPS) is 16.4. The number of anilines is 1. The summed E-state index contributed by atoms with van der Waals surface area (Å²) in [6.45, 7) is 5.23. The van der Waals surface area contributed by atoms with E-state index in [2.05, 4.69) is 4.98 Å². The van der Waals surface area contributed by atoms with Gasteiger partial charge in [0.1, 0.15) is 33.9 Å². The Labute approximate surface area is 229 Å². The molecule has 39 heavy (non-hydrogen) atoms. The van der Waals surface area contributed by atoms with Crippen LogP contribution in [0.2, 0.25) is 0 Å². The number of methoxy groups -OCH3 is 3. The van der Waals surface area contributed by atoms with Crippen molar-refractivity contribution in [3.05, 3.63) is 69.2 Å². The third-order valence-electron chi connectivity index (χ3n) is 6.32. The van der Waals surface area contributed by atoms with Gasteiger partial charge in [-0.1, -0.05) is 11.3 Å². The molecule has 1 atom stereocenters. The maximum absolute atomic E-state index is 13.6. The first kappa shape index (κ1) is 27.6. The number of aliphatic hydroxyl groups excluding tert-OH is 1. The lowest BCUT2D eigenvalue weighted by atomic mass is 9.93. The molecule has 1 fully saturated rings. The number of aliphatic hydroxyl groups is 1. The summed E-state index contributed by atoms with van der Waals surface area (Å²) in [6.07, 6.45) is 0. The Bertz CT molecular complexity index is 1490. The predicted molar refractivity (Wildman–Crippen MR) is 145 cm³/mol. The minimum atomic E-state index is -1.12. The number of aryl methyl sites for hydroxylation is 2. The van der Waals surface area contributed by atoms with Crippen LogP contribution in [0.1, 0.15) is 45.0 Å². The van der Waals surface area contributed by atoms with E-state index in [9.17, 15) is 19.5 Å². The molecule has 1 amide bonds. The molecule has 0 saturated carbocycles. The monoisotopic (exact) mass is 552 g/mol. The van der Waals surface area contributed by atoms with Crippen molar-refractivity contribution >= 4 is 39.9 Å². The molecule has 1 saturated heterocycles. The topological polar surface area (TPSA) is 124 Å². The van der Waals surface area contributed by atoms with Gasteiger partial charge in [0, 0.05) is 17.2 Å². The highest BCUT2D eigenvalue weighted by atomic mass is 32.1. The average molecular weight is 553 g/mol. The highest BCUT2D eigenvalue weighted by molar-refractivity contribution is 7.17. The molecule has 1 aliphatic rings. The van der Waals surface area contributed by atoms with Crippen molar-refractivity contribution in [3.63, 3.8) is 0 Å². The Balaban J connectivity index is 1.98. The number of hydrogen-bond acceptors (Lipinski definition) is 10. The van der Waals surface area contributed by atoms with Gasteiger partial charge in [0.15, 0.2) is 5.13 Å². The quantitative estimate of drug-likeness (QED) is 0.185. The number of amides is 1. The van der Waals surface area contributed by atoms with Gasteiger partial charge in [-0.25, -0.2) is 9.78 Å². The molecule has 2 aromatic carbocycles. The lowest BCUT2D eigenvalue weighted by Crippen LogP contribution is -2.29. The van der Waals surface area contributed by atoms with Crippen molar-refractivity contribution in [3.8, 4) is 17.2 Å². The Morgan fingerprint density at radius 2 is 1.69 bits per heavy atom. The smallest absolute Gasteiger partial charge is 0.350 e. The lowest BCUT2D eigenvalue weighted by molar-refractivity contribution is -0.132. The van der Waals surface area contributed by atoms with Crippen molar-refractivity contribution in [2.75, 3.05) is 32.8 Å². The number of carbonyl (C=O) groups is 3. The molecule has 1 aromatic heterocycles. The maximum Gasteiger partial charge on any atom is 0.350 e. The van der Waals surface area contributed by atoms with Crippen LogP contribution < -0.4 is 19.1 Å². The second-order valence-corrected chi connectivity index (χ2v) is 9.57. The Morgan fingerprint density at radius 3 is 2.31 bits per heavy atom. The highest BCUT2D eigenvalue weighted by Crippen LogP contribution is 2.47. The Kier molecular flexibility index (Phi) is 7.91. The van der Waals surface area contributed by atoms with Crippen molar-refractivity contribution in [1.29, 1.82) is 0 Å². The molecule has 1 N–H and O–H groups in total. The summed E-state index contributed by atoms with van der Waals surface area (Å²) in [4.78, 5) is 45.4. The van der Waals surface area contributed by atoms with Gasteiger partial charge in [-0.2, -0.15) is 0 Å². The molecule has 11 heteroatoms. The standard InChI is InChI=1S/C28H28N2O8S/c1-7-38-27(34)25-15(3)29-28(39-25)30-22(19-11-9-17(36-5)13-20(19)37-6)21(24(32)26(30)33)23(31)18-10-8-16(35-4)12-14(18)2/h8-13,22,31H,7H2,1-6H3/t22-/m1/s1. The Hall–Kier alpha value is -4.38. The molecule has 0 unspecified atom stereocenters. The average Bonchev–Trinajstić information content (AvgIpc) is 3.44. The molecule has 1 aliphatic heterocycles. The number of aromatic nitrogens is 1. The highest BCUT2D eigenvalue weighted by Gasteiger charge is 2.49. The van der Waals surface area contributed by atoms with E-state index < -0.39 is 23.7 Å². The van der Waals surface area contributed by atoms with Gasteiger partial charge in [-0.3, -0.25) is 14.5 Å². The van der Waals surface area contributed by atoms with E-state index in [-0.39, 0.29) is 27.9 Å². The molecule has 204 valence electrons. The Morgan fingerprint density at radius 1 is 1.03 bits per heavy atom. The van der Waals surface area contributed by atoms with E-state index in [0.717, 1.165) is 11.3 Å². The number of esters is 1. The molecule has 3 aromatic rings. The van der Waals surface area contributed by atoms with E-state index >= 15 is 0 Å². The first-order valence-electron chi connectivity index (χ1n) is 12.0. The SMILES string of the molecule is CCOC(=O)c1sc(N2C(=O)C(=O)C(=C(O)c3ccc(OC)cc3C)[C@H]2c2ccc(OC)cc2OC)nc1C. The summed E-state index contributed by atoms with van der Waals surface area (Å²) in [5.74, 6) is -1.37. The fraction of sp³-hybridized carbons (Fsp3) is 0.286. The maximum atomic E-state index is 13.6. The number of rotatable bonds is 8. The minimum absolute atomic E-state index is 0.103. The van der Waals surface area contributed by atoms with Gasteiger partial charge in [0.05, 0.1) is 39.2 Å². The number of nitrogens with zero attached hydrogens (tertiary/aromatic N) is 2. The van der Waals surface area contributed by atoms with Gasteiger partial charge in [-0.15, -0.1) is 0 Å². The largest absolute Gasteiger partial charge is 0.507 e. The summed E-state index contributed by atoms with van der Waals surface area (Å²) in [6, 6.07) is 8.79. The van der Waals surface area contributed by atoms with Crippen LogP contribution in [0.4, 0.5) is 5.13 Å². The predicted octanol–water partition coefficient (Wildman–Crippen LogP) is 4.59. The molecular weight excluding hydrogens is 524 g/mol. The van der Waals surface area contributed by atoms with Gasteiger partial charge in [-0.05, 0) is 56.7 Å². The van der Waals surface area contributed by atoms with Gasteiger partial charge in [0.25, 0.3) is 5.78 Å². The lowest BCUT2D eigenvalue weighted by Gasteiger charge is -2.25. The van der Waals surface area contributed by atoms with Gasteiger partial charge >= 0.3 is 11.9 Å². The number of ether oxygens (including phenoxy) is 4. The second kappa shape index (κ2) is 11.2. The van der Waals surface area contributed by atoms with Crippen LogP contribution in [0, 0.1) is 13.8 Å². The van der Waals surface area contributed by atoms with Crippen LogP contribution in [0.15, 0.2) is 42.0 Å². The first-order valence-corrected chi connectivity index (χ1v) is 12.8. The van der Waals surface area contributed by atoms with Crippen LogP contribution in [0.3, 0.4) is 0 Å². The van der Waals surface area contributed by atoms with Gasteiger partial charge in [0.2, 0.25) is 0 Å². The van der Waals surface area contributed by atoms with Crippen molar-refractivity contribution < 1.29 is 38.4 Å². The molecular formula is C28H28N2O8S. The number of thiazole rings is 1. The number of ketones is 1. The molecule has 0 spiro atoms. The summed E-state index contributed by atoms with van der Waals surface area (Å²) < 4.78 is 21.3. The molecule has 10 nitrogen and oxygen atoms in total. The van der Waals surface area contributed by atoms with Gasteiger partial charge < -0.3 is 24.1 Å². The third kappa shape index (κ3) is 4.92. The van der Waals surface area contributed by atoms with Crippen LogP contribution in [0.5, 0.6) is 17.2 Å². The molecule has 2 heterocycles. The van der Waals surface area contributed by atoms with E-state index in [1.807, 2.05) is 0 Å². The van der Waals surface area contributed by atoms with E-state index in [1.165, 1.54) is 26.2 Å². The third-order valence-corrected chi connectivity index (χ3v) is 7.46. The number of carbonyl (C=O) groups excluding carboxylic acids is 3. The molecule has 0 aliphatic carbocycles. The zero-order chi connectivity index (χ0) is 28.4. The zero-order valence-corrected chi connectivity index (χ0v) is 23.2. The summed E-state index contributed by atoms with van der Waals surface area (Å²) in [7, 11) is 4.48.